The molecule has 2 rings (SSSR count). The second-order valence-corrected chi connectivity index (χ2v) is 6.35. The van der Waals surface area contributed by atoms with E-state index in [0.717, 1.165) is 24.6 Å². The van der Waals surface area contributed by atoms with Gasteiger partial charge < -0.3 is 20.5 Å². The Hall–Kier alpha value is -2.53. The van der Waals surface area contributed by atoms with Crippen LogP contribution in [0.1, 0.15) is 25.0 Å². The Morgan fingerprint density at radius 2 is 1.85 bits per heavy atom. The minimum Gasteiger partial charge on any atom is -0.508 e. The molecule has 0 aliphatic carbocycles. The Morgan fingerprint density at radius 1 is 1.08 bits per heavy atom. The Bertz CT molecular complexity index is 674. The minimum absolute atomic E-state index is 0.264. The van der Waals surface area contributed by atoms with Gasteiger partial charge in [0.2, 0.25) is 0 Å². The van der Waals surface area contributed by atoms with Crippen LogP contribution in [0.2, 0.25) is 0 Å². The minimum atomic E-state index is 0.264. The first kappa shape index (κ1) is 19.8. The van der Waals surface area contributed by atoms with Crippen LogP contribution in [-0.2, 0) is 17.9 Å². The number of aromatic hydroxyl groups is 1. The summed E-state index contributed by atoms with van der Waals surface area (Å²) in [4.78, 5) is 4.57. The van der Waals surface area contributed by atoms with Crippen LogP contribution in [0.15, 0.2) is 59.6 Å². The SMILES string of the molecule is CCNC(=NCc1cccc(O)c1)NCC(C)COCc1ccccc1. The molecule has 0 saturated carbocycles. The molecule has 5 heteroatoms. The van der Waals surface area contributed by atoms with Gasteiger partial charge >= 0.3 is 0 Å². The van der Waals surface area contributed by atoms with Gasteiger partial charge in [0, 0.05) is 13.1 Å². The van der Waals surface area contributed by atoms with E-state index >= 15 is 0 Å². The number of phenols is 1. The predicted octanol–water partition coefficient (Wildman–Crippen LogP) is 3.30. The fourth-order valence-electron chi connectivity index (χ4n) is 2.45. The number of ether oxygens (including phenoxy) is 1. The number of benzene rings is 2. The highest BCUT2D eigenvalue weighted by Gasteiger charge is 2.05. The van der Waals surface area contributed by atoms with Crippen molar-refractivity contribution in [2.45, 2.75) is 27.0 Å². The molecule has 0 heterocycles. The fraction of sp³-hybridized carbons (Fsp3) is 0.381. The summed E-state index contributed by atoms with van der Waals surface area (Å²) in [6.07, 6.45) is 0. The summed E-state index contributed by atoms with van der Waals surface area (Å²) in [6.45, 7) is 7.60. The van der Waals surface area contributed by atoms with Gasteiger partial charge in [0.25, 0.3) is 0 Å². The van der Waals surface area contributed by atoms with E-state index in [1.807, 2.05) is 37.3 Å². The van der Waals surface area contributed by atoms with Crippen LogP contribution in [0, 0.1) is 5.92 Å². The van der Waals surface area contributed by atoms with Gasteiger partial charge in [-0.25, -0.2) is 4.99 Å². The smallest absolute Gasteiger partial charge is 0.191 e. The molecule has 0 radical (unpaired) electrons. The van der Waals surface area contributed by atoms with E-state index in [0.29, 0.717) is 25.7 Å². The van der Waals surface area contributed by atoms with E-state index in [4.69, 9.17) is 4.74 Å². The molecule has 0 spiro atoms. The van der Waals surface area contributed by atoms with Crippen molar-refractivity contribution in [3.05, 3.63) is 65.7 Å². The summed E-state index contributed by atoms with van der Waals surface area (Å²) < 4.78 is 5.79. The molecule has 2 aromatic carbocycles. The standard InChI is InChI=1S/C21H29N3O2/c1-3-22-21(24-14-19-10-7-11-20(25)12-19)23-13-17(2)15-26-16-18-8-5-4-6-9-18/h4-12,17,25H,3,13-16H2,1-2H3,(H2,22,23,24). The largest absolute Gasteiger partial charge is 0.508 e. The van der Waals surface area contributed by atoms with Gasteiger partial charge in [0.15, 0.2) is 5.96 Å². The average Bonchev–Trinajstić information content (AvgIpc) is 2.65. The molecule has 0 aliphatic heterocycles. The molecule has 0 saturated heterocycles. The molecule has 0 fully saturated rings. The van der Waals surface area contributed by atoms with Crippen LogP contribution in [0.25, 0.3) is 0 Å². The Kier molecular flexibility index (Phi) is 8.49. The summed E-state index contributed by atoms with van der Waals surface area (Å²) in [5, 5.41) is 16.1. The molecule has 5 nitrogen and oxygen atoms in total. The summed E-state index contributed by atoms with van der Waals surface area (Å²) in [7, 11) is 0. The molecule has 0 aliphatic rings. The molecule has 3 N–H and O–H groups in total. The van der Waals surface area contributed by atoms with E-state index in [1.54, 1.807) is 12.1 Å². The number of hydrogen-bond acceptors (Lipinski definition) is 3. The van der Waals surface area contributed by atoms with Crippen molar-refractivity contribution in [1.82, 2.24) is 10.6 Å². The maximum absolute atomic E-state index is 9.53. The van der Waals surface area contributed by atoms with Crippen LogP contribution < -0.4 is 10.6 Å². The lowest BCUT2D eigenvalue weighted by Gasteiger charge is -2.16. The van der Waals surface area contributed by atoms with Gasteiger partial charge in [-0.3, -0.25) is 0 Å². The third kappa shape index (κ3) is 7.57. The summed E-state index contributed by atoms with van der Waals surface area (Å²) in [5.41, 5.74) is 2.16. The van der Waals surface area contributed by atoms with E-state index in [2.05, 4.69) is 34.7 Å². The van der Waals surface area contributed by atoms with Crippen LogP contribution in [0.4, 0.5) is 0 Å². The molecule has 2 aromatic rings. The van der Waals surface area contributed by atoms with Crippen molar-refractivity contribution >= 4 is 5.96 Å². The van der Waals surface area contributed by atoms with E-state index in [9.17, 15) is 5.11 Å². The van der Waals surface area contributed by atoms with Crippen molar-refractivity contribution in [2.75, 3.05) is 19.7 Å². The Morgan fingerprint density at radius 3 is 2.58 bits per heavy atom. The average molecular weight is 355 g/mol. The van der Waals surface area contributed by atoms with Crippen molar-refractivity contribution in [2.24, 2.45) is 10.9 Å². The number of guanidine groups is 1. The number of nitrogens with one attached hydrogen (secondary N) is 2. The summed E-state index contributed by atoms with van der Waals surface area (Å²) in [5.74, 6) is 1.40. The molecular formula is C21H29N3O2. The lowest BCUT2D eigenvalue weighted by atomic mass is 10.2. The van der Waals surface area contributed by atoms with E-state index < -0.39 is 0 Å². The van der Waals surface area contributed by atoms with E-state index in [1.165, 1.54) is 5.56 Å². The first-order chi connectivity index (χ1) is 12.7. The summed E-state index contributed by atoms with van der Waals surface area (Å²) >= 11 is 0. The van der Waals surface area contributed by atoms with Gasteiger partial charge in [-0.1, -0.05) is 49.4 Å². The zero-order valence-electron chi connectivity index (χ0n) is 15.6. The van der Waals surface area contributed by atoms with Crippen molar-refractivity contribution < 1.29 is 9.84 Å². The van der Waals surface area contributed by atoms with Gasteiger partial charge in [0.1, 0.15) is 5.75 Å². The lowest BCUT2D eigenvalue weighted by Crippen LogP contribution is -2.40. The topological polar surface area (TPSA) is 65.9 Å². The second-order valence-electron chi connectivity index (χ2n) is 6.35. The maximum Gasteiger partial charge on any atom is 0.191 e. The highest BCUT2D eigenvalue weighted by atomic mass is 16.5. The highest BCUT2D eigenvalue weighted by molar-refractivity contribution is 5.79. The number of aliphatic imine (C=N–C) groups is 1. The molecule has 0 aromatic heterocycles. The number of nitrogens with zero attached hydrogens (tertiary/aromatic N) is 1. The molecule has 0 amide bonds. The normalized spacial score (nSPS) is 12.6. The number of rotatable bonds is 9. The van der Waals surface area contributed by atoms with E-state index in [-0.39, 0.29) is 5.75 Å². The van der Waals surface area contributed by atoms with Crippen LogP contribution in [0.5, 0.6) is 5.75 Å². The predicted molar refractivity (Wildman–Crippen MR) is 106 cm³/mol. The van der Waals surface area contributed by atoms with Gasteiger partial charge in [-0.05, 0) is 36.1 Å². The first-order valence-corrected chi connectivity index (χ1v) is 9.09. The quantitative estimate of drug-likeness (QED) is 0.477. The van der Waals surface area contributed by atoms with Crippen LogP contribution in [0.3, 0.4) is 0 Å². The molecule has 26 heavy (non-hydrogen) atoms. The lowest BCUT2D eigenvalue weighted by molar-refractivity contribution is 0.0931. The molecule has 0 bridgehead atoms. The second kappa shape index (κ2) is 11.2. The van der Waals surface area contributed by atoms with Crippen LogP contribution >= 0.6 is 0 Å². The zero-order chi connectivity index (χ0) is 18.6. The van der Waals surface area contributed by atoms with Crippen molar-refractivity contribution in [1.29, 1.82) is 0 Å². The van der Waals surface area contributed by atoms with Crippen molar-refractivity contribution in [3.8, 4) is 5.75 Å². The van der Waals surface area contributed by atoms with Gasteiger partial charge in [0.05, 0.1) is 19.8 Å². The molecule has 1 atom stereocenters. The molecule has 140 valence electrons. The zero-order valence-corrected chi connectivity index (χ0v) is 15.6. The maximum atomic E-state index is 9.53. The van der Waals surface area contributed by atoms with Crippen LogP contribution in [-0.4, -0.2) is 30.8 Å². The van der Waals surface area contributed by atoms with Gasteiger partial charge in [-0.2, -0.15) is 0 Å². The fourth-order valence-corrected chi connectivity index (χ4v) is 2.45. The number of phenolic OH excluding ortho intramolecular Hbond substituents is 1. The summed E-state index contributed by atoms with van der Waals surface area (Å²) in [6, 6.07) is 17.4. The third-order valence-electron chi connectivity index (χ3n) is 3.81. The Labute approximate surface area is 156 Å². The Balaban J connectivity index is 1.74. The van der Waals surface area contributed by atoms with Gasteiger partial charge in [-0.15, -0.1) is 0 Å². The molecular weight excluding hydrogens is 326 g/mol. The monoisotopic (exact) mass is 355 g/mol. The number of hydrogen-bond donors (Lipinski definition) is 3. The van der Waals surface area contributed by atoms with Crippen molar-refractivity contribution in [3.63, 3.8) is 0 Å². The molecule has 1 unspecified atom stereocenters. The third-order valence-corrected chi connectivity index (χ3v) is 3.81. The highest BCUT2D eigenvalue weighted by Crippen LogP contribution is 2.11. The first-order valence-electron chi connectivity index (χ1n) is 9.09.